The van der Waals surface area contributed by atoms with Crippen LogP contribution in [0.3, 0.4) is 0 Å². The molecule has 3 aromatic rings. The number of aromatic nitrogens is 2. The van der Waals surface area contributed by atoms with E-state index in [4.69, 9.17) is 0 Å². The maximum Gasteiger partial charge on any atom is 0.390 e. The zero-order valence-electron chi connectivity index (χ0n) is 15.2. The summed E-state index contributed by atoms with van der Waals surface area (Å²) in [5.74, 6) is -7.29. The van der Waals surface area contributed by atoms with Gasteiger partial charge in [0.05, 0.1) is 18.2 Å². The van der Waals surface area contributed by atoms with Crippen LogP contribution in [0, 0.1) is 17.5 Å². The van der Waals surface area contributed by atoms with Crippen LogP contribution in [-0.2, 0) is 9.84 Å². The molecule has 0 amide bonds. The van der Waals surface area contributed by atoms with Gasteiger partial charge in [-0.25, -0.2) is 21.6 Å². The summed E-state index contributed by atoms with van der Waals surface area (Å²) in [6.07, 6.45) is -5.74. The van der Waals surface area contributed by atoms with Crippen molar-refractivity contribution in [3.63, 3.8) is 0 Å². The van der Waals surface area contributed by atoms with E-state index in [1.54, 1.807) is 0 Å². The molecule has 2 heterocycles. The van der Waals surface area contributed by atoms with E-state index in [0.29, 0.717) is 12.1 Å². The van der Waals surface area contributed by atoms with E-state index < -0.39 is 73.5 Å². The smallest absolute Gasteiger partial charge is 0.390 e. The molecule has 1 N–H and O–H groups in total. The fraction of sp³-hybridized carbons (Fsp3) is 0.222. The maximum absolute atomic E-state index is 14.4. The lowest BCUT2D eigenvalue weighted by Crippen LogP contribution is -2.25. The minimum Gasteiger partial charge on any atom is -0.493 e. The average Bonchev–Trinajstić information content (AvgIpc) is 2.65. The molecule has 0 spiro atoms. The van der Waals surface area contributed by atoms with Crippen molar-refractivity contribution in [1.82, 2.24) is 9.38 Å². The number of aromatic hydroxyl groups is 1. The Balaban J connectivity index is 2.28. The Morgan fingerprint density at radius 2 is 1.71 bits per heavy atom. The molecular weight excluding hydrogens is 454 g/mol. The molecule has 0 radical (unpaired) electrons. The third kappa shape index (κ3) is 4.65. The van der Waals surface area contributed by atoms with Crippen LogP contribution in [-0.4, -0.2) is 34.8 Å². The van der Waals surface area contributed by atoms with E-state index >= 15 is 0 Å². The summed E-state index contributed by atoms with van der Waals surface area (Å²) >= 11 is 0. The highest BCUT2D eigenvalue weighted by atomic mass is 32.2. The lowest BCUT2D eigenvalue weighted by Gasteiger charge is -2.21. The van der Waals surface area contributed by atoms with Crippen LogP contribution in [0.15, 0.2) is 41.3 Å². The Kier molecular flexibility index (Phi) is 5.74. The molecule has 2 aromatic heterocycles. The summed E-state index contributed by atoms with van der Waals surface area (Å²) in [4.78, 5) is 15.4. The summed E-state index contributed by atoms with van der Waals surface area (Å²) < 4.78 is 107. The Labute approximate surface area is 170 Å². The molecule has 13 heteroatoms. The minimum absolute atomic E-state index is 0.351. The van der Waals surface area contributed by atoms with Crippen molar-refractivity contribution >= 4 is 15.5 Å². The molecule has 3 rings (SSSR count). The molecule has 1 atom stereocenters. The summed E-state index contributed by atoms with van der Waals surface area (Å²) in [7, 11) is -4.96. The van der Waals surface area contributed by atoms with Crippen molar-refractivity contribution in [3.8, 4) is 5.88 Å². The van der Waals surface area contributed by atoms with Crippen molar-refractivity contribution in [3.05, 3.63) is 75.5 Å². The van der Waals surface area contributed by atoms with Gasteiger partial charge in [0.1, 0.15) is 16.7 Å². The van der Waals surface area contributed by atoms with E-state index in [9.17, 15) is 44.7 Å². The topological polar surface area (TPSA) is 88.7 Å². The number of rotatable bonds is 5. The second kappa shape index (κ2) is 7.87. The van der Waals surface area contributed by atoms with E-state index in [2.05, 4.69) is 4.98 Å². The largest absolute Gasteiger partial charge is 0.493 e. The van der Waals surface area contributed by atoms with Crippen molar-refractivity contribution in [2.45, 2.75) is 17.8 Å². The standard InChI is InChI=1S/C18H12F6N2O4S/c19-10-1-2-11(20)16(21)15(10)17(31(29,30)6-4-18(22,23)24)9-3-5-26-12(7-9)25-13(27)8-14(26)28/h1-3,5,7-8,17,27H,4,6H2. The molecule has 166 valence electrons. The summed E-state index contributed by atoms with van der Waals surface area (Å²) in [5.41, 5.74) is -2.93. The van der Waals surface area contributed by atoms with Gasteiger partial charge in [0.2, 0.25) is 5.88 Å². The molecular formula is C18H12F6N2O4S. The lowest BCUT2D eigenvalue weighted by atomic mass is 10.0. The fourth-order valence-electron chi connectivity index (χ4n) is 2.98. The van der Waals surface area contributed by atoms with Gasteiger partial charge in [-0.15, -0.1) is 0 Å². The predicted octanol–water partition coefficient (Wildman–Crippen LogP) is 3.27. The molecule has 0 fully saturated rings. The molecule has 0 bridgehead atoms. The van der Waals surface area contributed by atoms with Gasteiger partial charge in [0, 0.05) is 11.8 Å². The second-order valence-corrected chi connectivity index (χ2v) is 8.72. The average molecular weight is 466 g/mol. The van der Waals surface area contributed by atoms with Crippen molar-refractivity contribution in [2.75, 3.05) is 5.75 Å². The van der Waals surface area contributed by atoms with Gasteiger partial charge in [-0.05, 0) is 29.8 Å². The van der Waals surface area contributed by atoms with Crippen LogP contribution in [0.1, 0.15) is 22.8 Å². The van der Waals surface area contributed by atoms with Gasteiger partial charge < -0.3 is 5.11 Å². The highest BCUT2D eigenvalue weighted by Gasteiger charge is 2.38. The molecule has 0 saturated carbocycles. The van der Waals surface area contributed by atoms with Crippen LogP contribution < -0.4 is 5.56 Å². The molecule has 0 aliphatic rings. The summed E-state index contributed by atoms with van der Waals surface area (Å²) in [6.45, 7) is 0. The van der Waals surface area contributed by atoms with Crippen LogP contribution in [0.2, 0.25) is 0 Å². The Morgan fingerprint density at radius 3 is 2.35 bits per heavy atom. The Morgan fingerprint density at radius 1 is 1.06 bits per heavy atom. The number of pyridine rings is 1. The maximum atomic E-state index is 14.4. The molecule has 1 aromatic carbocycles. The highest BCUT2D eigenvalue weighted by molar-refractivity contribution is 7.91. The normalized spacial score (nSPS) is 13.5. The lowest BCUT2D eigenvalue weighted by molar-refractivity contribution is -0.129. The molecule has 6 nitrogen and oxygen atoms in total. The molecule has 0 aliphatic carbocycles. The van der Waals surface area contributed by atoms with E-state index in [1.165, 1.54) is 0 Å². The third-order valence-electron chi connectivity index (χ3n) is 4.35. The van der Waals surface area contributed by atoms with Crippen molar-refractivity contribution in [1.29, 1.82) is 0 Å². The first-order valence-electron chi connectivity index (χ1n) is 8.44. The number of nitrogens with zero attached hydrogens (tertiary/aromatic N) is 2. The zero-order valence-corrected chi connectivity index (χ0v) is 16.0. The number of benzene rings is 1. The number of sulfone groups is 1. The van der Waals surface area contributed by atoms with E-state index in [1.807, 2.05) is 0 Å². The molecule has 1 unspecified atom stereocenters. The number of hydrogen-bond acceptors (Lipinski definition) is 5. The second-order valence-electron chi connectivity index (χ2n) is 6.51. The van der Waals surface area contributed by atoms with E-state index in [-0.39, 0.29) is 5.65 Å². The molecule has 0 saturated heterocycles. The van der Waals surface area contributed by atoms with Gasteiger partial charge in [-0.1, -0.05) is 0 Å². The first-order chi connectivity index (χ1) is 14.3. The number of halogens is 6. The number of fused-ring (bicyclic) bond motifs is 1. The molecule has 31 heavy (non-hydrogen) atoms. The number of hydrogen-bond donors (Lipinski definition) is 1. The highest BCUT2D eigenvalue weighted by Crippen LogP contribution is 2.37. The van der Waals surface area contributed by atoms with E-state index in [0.717, 1.165) is 28.8 Å². The quantitative estimate of drug-likeness (QED) is 0.461. The van der Waals surface area contributed by atoms with Crippen LogP contribution in [0.25, 0.3) is 5.65 Å². The summed E-state index contributed by atoms with van der Waals surface area (Å²) in [5, 5.41) is 7.10. The minimum atomic E-state index is -4.96. The van der Waals surface area contributed by atoms with Gasteiger partial charge in [-0.2, -0.15) is 18.2 Å². The monoisotopic (exact) mass is 466 g/mol. The van der Waals surface area contributed by atoms with Crippen molar-refractivity contribution in [2.24, 2.45) is 0 Å². The first-order valence-corrected chi connectivity index (χ1v) is 10.2. The predicted molar refractivity (Wildman–Crippen MR) is 95.7 cm³/mol. The van der Waals surface area contributed by atoms with Gasteiger partial charge in [0.25, 0.3) is 5.56 Å². The van der Waals surface area contributed by atoms with Crippen molar-refractivity contribution < 1.29 is 39.9 Å². The SMILES string of the molecule is O=c1cc(O)nc2cc(C(c3c(F)ccc(F)c3F)S(=O)(=O)CCC(F)(F)F)ccn12. The van der Waals surface area contributed by atoms with Gasteiger partial charge >= 0.3 is 6.18 Å². The van der Waals surface area contributed by atoms with Crippen LogP contribution in [0.4, 0.5) is 26.3 Å². The van der Waals surface area contributed by atoms with Crippen LogP contribution >= 0.6 is 0 Å². The zero-order chi connectivity index (χ0) is 23.1. The molecule has 0 aliphatic heterocycles. The fourth-order valence-corrected chi connectivity index (χ4v) is 4.87. The number of alkyl halides is 3. The third-order valence-corrected chi connectivity index (χ3v) is 6.35. The Bertz CT molecular complexity index is 1320. The Hall–Kier alpha value is -3.09. The summed E-state index contributed by atoms with van der Waals surface area (Å²) in [6, 6.07) is 3.34. The van der Waals surface area contributed by atoms with Gasteiger partial charge in [0.15, 0.2) is 21.5 Å². The van der Waals surface area contributed by atoms with Crippen LogP contribution in [0.5, 0.6) is 5.88 Å². The first kappa shape index (κ1) is 22.6. The van der Waals surface area contributed by atoms with Gasteiger partial charge in [-0.3, -0.25) is 9.20 Å².